The van der Waals surface area contributed by atoms with Crippen molar-refractivity contribution in [2.75, 3.05) is 31.7 Å². The van der Waals surface area contributed by atoms with Crippen LogP contribution in [0.1, 0.15) is 12.8 Å². The normalized spacial score (nSPS) is 15.5. The maximum atomic E-state index is 12.2. The molecule has 1 aromatic heterocycles. The van der Waals surface area contributed by atoms with Crippen LogP contribution in [0.25, 0.3) is 10.2 Å². The number of benzene rings is 1. The highest BCUT2D eigenvalue weighted by Gasteiger charge is 2.26. The van der Waals surface area contributed by atoms with Gasteiger partial charge in [0, 0.05) is 20.1 Å². The maximum Gasteiger partial charge on any atom is 0.263 e. The minimum Gasteiger partial charge on any atom is -0.497 e. The Kier molecular flexibility index (Phi) is 5.66. The Morgan fingerprint density at radius 1 is 1.22 bits per heavy atom. The average molecular weight is 412 g/mol. The van der Waals surface area contributed by atoms with Crippen LogP contribution in [-0.2, 0) is 26.5 Å². The van der Waals surface area contributed by atoms with E-state index in [-0.39, 0.29) is 0 Å². The van der Waals surface area contributed by atoms with Crippen molar-refractivity contribution in [2.24, 2.45) is 12.0 Å². The summed E-state index contributed by atoms with van der Waals surface area (Å²) in [6.45, 7) is 1.15. The average Bonchev–Trinajstić information content (AvgIpc) is 3.23. The number of fused-ring (bicyclic) bond motifs is 1. The molecule has 0 radical (unpaired) electrons. The van der Waals surface area contributed by atoms with Gasteiger partial charge in [-0.15, -0.1) is 0 Å². The highest BCUT2D eigenvalue weighted by molar-refractivity contribution is 7.92. The van der Waals surface area contributed by atoms with E-state index in [2.05, 4.69) is 4.99 Å². The minimum absolute atomic E-state index is 0.393. The van der Waals surface area contributed by atoms with Gasteiger partial charge in [-0.2, -0.15) is 4.99 Å². The SMILES string of the molecule is COc1ccc2c(c1)sc(=NC(=O)CS(=O)(=O)CC(=O)N1CCCC1)n2C. The van der Waals surface area contributed by atoms with Crippen molar-refractivity contribution < 1.29 is 22.7 Å². The van der Waals surface area contributed by atoms with Crippen LogP contribution in [0.4, 0.5) is 0 Å². The van der Waals surface area contributed by atoms with Crippen LogP contribution in [0.5, 0.6) is 5.75 Å². The van der Waals surface area contributed by atoms with Gasteiger partial charge in [0.15, 0.2) is 14.6 Å². The molecule has 3 rings (SSSR count). The molecule has 27 heavy (non-hydrogen) atoms. The molecule has 0 saturated carbocycles. The Bertz CT molecular complexity index is 1050. The Morgan fingerprint density at radius 3 is 2.59 bits per heavy atom. The molecule has 0 aliphatic carbocycles. The van der Waals surface area contributed by atoms with E-state index in [9.17, 15) is 18.0 Å². The number of hydrogen-bond acceptors (Lipinski definition) is 6. The van der Waals surface area contributed by atoms with Gasteiger partial charge in [-0.05, 0) is 31.0 Å². The monoisotopic (exact) mass is 411 g/mol. The Labute approximate surface area is 161 Å². The second-order valence-corrected chi connectivity index (χ2v) is 9.48. The number of aryl methyl sites for hydroxylation is 1. The molecule has 2 aromatic rings. The number of likely N-dealkylation sites (tertiary alicyclic amines) is 1. The molecular formula is C17H21N3O5S2. The lowest BCUT2D eigenvalue weighted by Crippen LogP contribution is -2.35. The molecule has 1 aromatic carbocycles. The van der Waals surface area contributed by atoms with Gasteiger partial charge in [-0.3, -0.25) is 9.59 Å². The zero-order valence-corrected chi connectivity index (χ0v) is 16.8. The smallest absolute Gasteiger partial charge is 0.263 e. The molecule has 0 N–H and O–H groups in total. The number of thiazole rings is 1. The topological polar surface area (TPSA) is 98.0 Å². The summed E-state index contributed by atoms with van der Waals surface area (Å²) in [6, 6.07) is 5.48. The lowest BCUT2D eigenvalue weighted by Gasteiger charge is -2.14. The van der Waals surface area contributed by atoms with Crippen molar-refractivity contribution in [3.05, 3.63) is 23.0 Å². The summed E-state index contributed by atoms with van der Waals surface area (Å²) in [5.41, 5.74) is 0.861. The third-order valence-corrected chi connectivity index (χ3v) is 6.85. The molecule has 1 aliphatic rings. The van der Waals surface area contributed by atoms with Crippen LogP contribution < -0.4 is 9.54 Å². The summed E-state index contributed by atoms with van der Waals surface area (Å²) in [5.74, 6) is -1.96. The molecule has 0 spiro atoms. The number of nitrogens with zero attached hydrogens (tertiary/aromatic N) is 3. The fraction of sp³-hybridized carbons (Fsp3) is 0.471. The zero-order chi connectivity index (χ0) is 19.6. The molecule has 0 bridgehead atoms. The molecule has 1 fully saturated rings. The number of amides is 2. The van der Waals surface area contributed by atoms with E-state index < -0.39 is 33.2 Å². The first-order valence-electron chi connectivity index (χ1n) is 8.48. The zero-order valence-electron chi connectivity index (χ0n) is 15.2. The second-order valence-electron chi connectivity index (χ2n) is 6.40. The van der Waals surface area contributed by atoms with E-state index >= 15 is 0 Å². The number of carbonyl (C=O) groups excluding carboxylic acids is 2. The van der Waals surface area contributed by atoms with Gasteiger partial charge >= 0.3 is 0 Å². The quantitative estimate of drug-likeness (QED) is 0.722. The van der Waals surface area contributed by atoms with Crippen molar-refractivity contribution in [1.82, 2.24) is 9.47 Å². The molecular weight excluding hydrogens is 390 g/mol. The summed E-state index contributed by atoms with van der Waals surface area (Å²) < 4.78 is 32.2. The fourth-order valence-electron chi connectivity index (χ4n) is 2.97. The van der Waals surface area contributed by atoms with Gasteiger partial charge in [0.1, 0.15) is 17.3 Å². The number of sulfone groups is 1. The van der Waals surface area contributed by atoms with Crippen LogP contribution in [0.2, 0.25) is 0 Å². The van der Waals surface area contributed by atoms with Gasteiger partial charge in [-0.1, -0.05) is 11.3 Å². The molecule has 0 unspecified atom stereocenters. The van der Waals surface area contributed by atoms with E-state index in [0.717, 1.165) is 23.1 Å². The fourth-order valence-corrected chi connectivity index (χ4v) is 5.14. The summed E-state index contributed by atoms with van der Waals surface area (Å²) in [7, 11) is -0.530. The molecule has 2 amide bonds. The summed E-state index contributed by atoms with van der Waals surface area (Å²) in [4.78, 5) is 30.1. The van der Waals surface area contributed by atoms with Crippen LogP contribution in [-0.4, -0.2) is 61.4 Å². The van der Waals surface area contributed by atoms with Crippen molar-refractivity contribution in [2.45, 2.75) is 12.8 Å². The first-order chi connectivity index (χ1) is 12.8. The van der Waals surface area contributed by atoms with Gasteiger partial charge in [0.25, 0.3) is 5.91 Å². The highest BCUT2D eigenvalue weighted by Crippen LogP contribution is 2.22. The van der Waals surface area contributed by atoms with Crippen molar-refractivity contribution in [1.29, 1.82) is 0 Å². The van der Waals surface area contributed by atoms with E-state index in [1.807, 2.05) is 12.1 Å². The van der Waals surface area contributed by atoms with E-state index in [1.54, 1.807) is 24.8 Å². The lowest BCUT2D eigenvalue weighted by molar-refractivity contribution is -0.127. The minimum atomic E-state index is -3.85. The van der Waals surface area contributed by atoms with Gasteiger partial charge in [-0.25, -0.2) is 8.42 Å². The van der Waals surface area contributed by atoms with Gasteiger partial charge < -0.3 is 14.2 Å². The van der Waals surface area contributed by atoms with Crippen LogP contribution in [0.15, 0.2) is 23.2 Å². The number of aromatic nitrogens is 1. The number of rotatable bonds is 5. The predicted molar refractivity (Wildman–Crippen MR) is 102 cm³/mol. The summed E-state index contributed by atoms with van der Waals surface area (Å²) in [6.07, 6.45) is 1.76. The Balaban J connectivity index is 1.76. The molecule has 0 atom stereocenters. The number of carbonyl (C=O) groups is 2. The molecule has 10 heteroatoms. The van der Waals surface area contributed by atoms with Gasteiger partial charge in [0.05, 0.1) is 17.3 Å². The summed E-state index contributed by atoms with van der Waals surface area (Å²) >= 11 is 1.27. The standard InChI is InChI=1S/C17H21N3O5S2/c1-19-13-6-5-12(25-2)9-14(13)26-17(19)18-15(21)10-27(23,24)11-16(22)20-7-3-4-8-20/h5-6,9H,3-4,7-8,10-11H2,1-2H3. The van der Waals surface area contributed by atoms with Crippen LogP contribution in [0.3, 0.4) is 0 Å². The summed E-state index contributed by atoms with van der Waals surface area (Å²) in [5, 5.41) is 0. The van der Waals surface area contributed by atoms with Gasteiger partial charge in [0.2, 0.25) is 5.91 Å². The van der Waals surface area contributed by atoms with Crippen LogP contribution in [0, 0.1) is 0 Å². The van der Waals surface area contributed by atoms with Crippen molar-refractivity contribution in [3.8, 4) is 5.75 Å². The second kappa shape index (κ2) is 7.81. The Hall–Kier alpha value is -2.20. The number of methoxy groups -OCH3 is 1. The van der Waals surface area contributed by atoms with Crippen molar-refractivity contribution >= 4 is 43.2 Å². The molecule has 1 saturated heterocycles. The third kappa shape index (κ3) is 4.56. The molecule has 146 valence electrons. The largest absolute Gasteiger partial charge is 0.497 e. The molecule has 8 nitrogen and oxygen atoms in total. The Morgan fingerprint density at radius 2 is 1.93 bits per heavy atom. The molecule has 1 aliphatic heterocycles. The number of ether oxygens (including phenoxy) is 1. The lowest BCUT2D eigenvalue weighted by atomic mass is 10.3. The maximum absolute atomic E-state index is 12.2. The van der Waals surface area contributed by atoms with E-state index in [4.69, 9.17) is 4.74 Å². The van der Waals surface area contributed by atoms with E-state index in [1.165, 1.54) is 16.2 Å². The first-order valence-corrected chi connectivity index (χ1v) is 11.1. The third-order valence-electron chi connectivity index (χ3n) is 4.38. The number of hydrogen-bond donors (Lipinski definition) is 0. The van der Waals surface area contributed by atoms with Crippen LogP contribution >= 0.6 is 11.3 Å². The van der Waals surface area contributed by atoms with E-state index in [0.29, 0.717) is 23.6 Å². The highest BCUT2D eigenvalue weighted by atomic mass is 32.2. The molecule has 2 heterocycles. The first kappa shape index (κ1) is 19.6. The predicted octanol–water partition coefficient (Wildman–Crippen LogP) is 0.713. The van der Waals surface area contributed by atoms with Crippen molar-refractivity contribution in [3.63, 3.8) is 0 Å².